The molecular weight excluding hydrogens is 349 g/mol. The Balaban J connectivity index is 1.51. The highest BCUT2D eigenvalue weighted by molar-refractivity contribution is 7.21. The summed E-state index contributed by atoms with van der Waals surface area (Å²) in [6.45, 7) is 4.98. The van der Waals surface area contributed by atoms with Gasteiger partial charge in [-0.1, -0.05) is 12.1 Å². The first-order chi connectivity index (χ1) is 12.5. The van der Waals surface area contributed by atoms with Crippen molar-refractivity contribution in [3.8, 4) is 0 Å². The lowest BCUT2D eigenvalue weighted by atomic mass is 10.1. The average molecular weight is 367 g/mol. The smallest absolute Gasteiger partial charge is 0.261 e. The minimum Gasteiger partial charge on any atom is -0.350 e. The standard InChI is InChI=1S/C20H18FN3OS/c1-12-15-11-14(21)7-8-18(15)26-19(12)20(25)22-9-10-24-13(2)23-16-5-3-4-6-17(16)24/h3-8,11H,9-10H2,1-2H3,(H,22,25). The minimum absolute atomic E-state index is 0.119. The maximum Gasteiger partial charge on any atom is 0.261 e. The van der Waals surface area contributed by atoms with Crippen molar-refractivity contribution in [2.24, 2.45) is 0 Å². The van der Waals surface area contributed by atoms with E-state index in [1.165, 1.54) is 23.5 Å². The second-order valence-corrected chi connectivity index (χ2v) is 7.30. The van der Waals surface area contributed by atoms with E-state index in [9.17, 15) is 9.18 Å². The Hall–Kier alpha value is -2.73. The number of amides is 1. The van der Waals surface area contributed by atoms with Gasteiger partial charge < -0.3 is 9.88 Å². The molecule has 4 nitrogen and oxygen atoms in total. The lowest BCUT2D eigenvalue weighted by Gasteiger charge is -2.08. The molecule has 2 aromatic carbocycles. The van der Waals surface area contributed by atoms with Gasteiger partial charge in [0.1, 0.15) is 11.6 Å². The molecule has 6 heteroatoms. The second kappa shape index (κ2) is 6.53. The van der Waals surface area contributed by atoms with E-state index < -0.39 is 0 Å². The number of aryl methyl sites for hydroxylation is 2. The number of carbonyl (C=O) groups excluding carboxylic acids is 1. The zero-order valence-corrected chi connectivity index (χ0v) is 15.4. The van der Waals surface area contributed by atoms with Gasteiger partial charge in [0.05, 0.1) is 15.9 Å². The van der Waals surface area contributed by atoms with Crippen LogP contribution >= 0.6 is 11.3 Å². The highest BCUT2D eigenvalue weighted by atomic mass is 32.1. The van der Waals surface area contributed by atoms with Crippen LogP contribution in [0.25, 0.3) is 21.1 Å². The summed E-state index contributed by atoms with van der Waals surface area (Å²) in [5, 5.41) is 3.78. The number of nitrogens with one attached hydrogen (secondary N) is 1. The van der Waals surface area contributed by atoms with E-state index in [0.29, 0.717) is 18.0 Å². The maximum absolute atomic E-state index is 13.4. The van der Waals surface area contributed by atoms with Crippen molar-refractivity contribution in [2.75, 3.05) is 6.54 Å². The zero-order valence-electron chi connectivity index (χ0n) is 14.5. The molecule has 4 aromatic rings. The molecule has 2 aromatic heterocycles. The van der Waals surface area contributed by atoms with Gasteiger partial charge in [-0.3, -0.25) is 4.79 Å². The summed E-state index contributed by atoms with van der Waals surface area (Å²) >= 11 is 1.40. The summed E-state index contributed by atoms with van der Waals surface area (Å²) in [6, 6.07) is 12.6. The Labute approximate surface area is 154 Å². The van der Waals surface area contributed by atoms with Crippen LogP contribution in [0.5, 0.6) is 0 Å². The predicted molar refractivity (Wildman–Crippen MR) is 103 cm³/mol. The third-order valence-corrected chi connectivity index (χ3v) is 5.84. The van der Waals surface area contributed by atoms with Gasteiger partial charge in [-0.25, -0.2) is 9.37 Å². The van der Waals surface area contributed by atoms with Crippen LogP contribution in [0.3, 0.4) is 0 Å². The van der Waals surface area contributed by atoms with Crippen molar-refractivity contribution in [2.45, 2.75) is 20.4 Å². The largest absolute Gasteiger partial charge is 0.350 e. The number of halogens is 1. The third-order valence-electron chi connectivity index (χ3n) is 4.57. The molecule has 0 aliphatic heterocycles. The van der Waals surface area contributed by atoms with Crippen LogP contribution in [0.2, 0.25) is 0 Å². The minimum atomic E-state index is -0.284. The number of rotatable bonds is 4. The Kier molecular flexibility index (Phi) is 4.20. The Morgan fingerprint density at radius 2 is 2.04 bits per heavy atom. The molecule has 0 unspecified atom stereocenters. The van der Waals surface area contributed by atoms with E-state index in [0.717, 1.165) is 32.5 Å². The van der Waals surface area contributed by atoms with Crippen molar-refractivity contribution in [1.82, 2.24) is 14.9 Å². The quantitative estimate of drug-likeness (QED) is 0.580. The number of nitrogens with zero attached hydrogens (tertiary/aromatic N) is 2. The zero-order chi connectivity index (χ0) is 18.3. The number of thiophene rings is 1. The number of fused-ring (bicyclic) bond motifs is 2. The van der Waals surface area contributed by atoms with Crippen LogP contribution in [-0.4, -0.2) is 22.0 Å². The summed E-state index contributed by atoms with van der Waals surface area (Å²) in [6.07, 6.45) is 0. The van der Waals surface area contributed by atoms with Gasteiger partial charge in [0, 0.05) is 17.8 Å². The van der Waals surface area contributed by atoms with Gasteiger partial charge >= 0.3 is 0 Å². The van der Waals surface area contributed by atoms with Gasteiger partial charge in [-0.2, -0.15) is 0 Å². The number of aromatic nitrogens is 2. The normalized spacial score (nSPS) is 11.3. The molecule has 0 aliphatic rings. The summed E-state index contributed by atoms with van der Waals surface area (Å²) in [4.78, 5) is 17.8. The number of benzene rings is 2. The SMILES string of the molecule is Cc1c(C(=O)NCCn2c(C)nc3ccccc32)sc2ccc(F)cc12. The topological polar surface area (TPSA) is 46.9 Å². The first-order valence-corrected chi connectivity index (χ1v) is 9.25. The molecule has 1 N–H and O–H groups in total. The van der Waals surface area contributed by atoms with Crippen molar-refractivity contribution in [3.05, 3.63) is 64.5 Å². The molecule has 0 bridgehead atoms. The molecule has 0 fully saturated rings. The molecule has 132 valence electrons. The average Bonchev–Trinajstić information content (AvgIpc) is 3.12. The Morgan fingerprint density at radius 3 is 2.88 bits per heavy atom. The van der Waals surface area contributed by atoms with Crippen molar-refractivity contribution in [1.29, 1.82) is 0 Å². The van der Waals surface area contributed by atoms with Crippen LogP contribution in [0.1, 0.15) is 21.1 Å². The van der Waals surface area contributed by atoms with Crippen LogP contribution in [0, 0.1) is 19.7 Å². The molecular formula is C20H18FN3OS. The third kappa shape index (κ3) is 2.86. The van der Waals surface area contributed by atoms with Crippen molar-refractivity contribution < 1.29 is 9.18 Å². The van der Waals surface area contributed by atoms with E-state index in [1.807, 2.05) is 38.1 Å². The molecule has 0 radical (unpaired) electrons. The van der Waals surface area contributed by atoms with Crippen LogP contribution in [0.4, 0.5) is 4.39 Å². The van der Waals surface area contributed by atoms with E-state index in [2.05, 4.69) is 14.9 Å². The number of carbonyl (C=O) groups is 1. The number of imidazole rings is 1. The molecule has 0 saturated carbocycles. The van der Waals surface area contributed by atoms with E-state index in [4.69, 9.17) is 0 Å². The molecule has 0 spiro atoms. The summed E-state index contributed by atoms with van der Waals surface area (Å²) in [7, 11) is 0. The molecule has 0 saturated heterocycles. The fraction of sp³-hybridized carbons (Fsp3) is 0.200. The number of para-hydroxylation sites is 2. The first-order valence-electron chi connectivity index (χ1n) is 8.43. The highest BCUT2D eigenvalue weighted by Gasteiger charge is 2.16. The van der Waals surface area contributed by atoms with Gasteiger partial charge in [-0.05, 0) is 55.1 Å². The van der Waals surface area contributed by atoms with Gasteiger partial charge in [-0.15, -0.1) is 11.3 Å². The maximum atomic E-state index is 13.4. The van der Waals surface area contributed by atoms with Crippen molar-refractivity contribution in [3.63, 3.8) is 0 Å². The van der Waals surface area contributed by atoms with Gasteiger partial charge in [0.15, 0.2) is 0 Å². The summed E-state index contributed by atoms with van der Waals surface area (Å²) in [5.41, 5.74) is 2.85. The highest BCUT2D eigenvalue weighted by Crippen LogP contribution is 2.31. The predicted octanol–water partition coefficient (Wildman–Crippen LogP) is 4.44. The Bertz CT molecular complexity index is 1130. The summed E-state index contributed by atoms with van der Waals surface area (Å²) in [5.74, 6) is 0.521. The summed E-state index contributed by atoms with van der Waals surface area (Å²) < 4.78 is 16.5. The number of hydrogen-bond donors (Lipinski definition) is 1. The monoisotopic (exact) mass is 367 g/mol. The Morgan fingerprint density at radius 1 is 1.23 bits per heavy atom. The molecule has 4 rings (SSSR count). The van der Waals surface area contributed by atoms with E-state index >= 15 is 0 Å². The van der Waals surface area contributed by atoms with Gasteiger partial charge in [0.25, 0.3) is 5.91 Å². The fourth-order valence-corrected chi connectivity index (χ4v) is 4.36. The van der Waals surface area contributed by atoms with Gasteiger partial charge in [0.2, 0.25) is 0 Å². The van der Waals surface area contributed by atoms with E-state index in [1.54, 1.807) is 6.07 Å². The van der Waals surface area contributed by atoms with Crippen molar-refractivity contribution >= 4 is 38.4 Å². The molecule has 0 aliphatic carbocycles. The lowest BCUT2D eigenvalue weighted by molar-refractivity contribution is 0.0956. The van der Waals surface area contributed by atoms with Crippen LogP contribution < -0.4 is 5.32 Å². The number of hydrogen-bond acceptors (Lipinski definition) is 3. The second-order valence-electron chi connectivity index (χ2n) is 6.25. The molecule has 0 atom stereocenters. The molecule has 1 amide bonds. The van der Waals surface area contributed by atoms with Crippen LogP contribution in [-0.2, 0) is 6.54 Å². The molecule has 2 heterocycles. The fourth-order valence-electron chi connectivity index (χ4n) is 3.25. The molecule has 26 heavy (non-hydrogen) atoms. The lowest BCUT2D eigenvalue weighted by Crippen LogP contribution is -2.27. The van der Waals surface area contributed by atoms with Crippen LogP contribution in [0.15, 0.2) is 42.5 Å². The first kappa shape index (κ1) is 16.7. The van der Waals surface area contributed by atoms with E-state index in [-0.39, 0.29) is 11.7 Å².